The topological polar surface area (TPSA) is 122 Å². The fraction of sp³-hybridized carbons (Fsp3) is 0.333. The summed E-state index contributed by atoms with van der Waals surface area (Å²) in [5.74, 6) is 0.147. The summed E-state index contributed by atoms with van der Waals surface area (Å²) in [6.45, 7) is 9.35. The van der Waals surface area contributed by atoms with Gasteiger partial charge in [-0.1, -0.05) is 47.7 Å². The molecule has 0 fully saturated rings. The molecule has 0 aliphatic heterocycles. The number of hydrogen-bond donors (Lipinski definition) is 3. The number of anilines is 1. The zero-order valence-electron chi connectivity index (χ0n) is 21.5. The van der Waals surface area contributed by atoms with E-state index in [0.29, 0.717) is 6.42 Å². The Hall–Kier alpha value is -3.79. The second-order valence-corrected chi connectivity index (χ2v) is 10.8. The molecule has 0 saturated carbocycles. The maximum Gasteiger partial charge on any atom is 0.408 e. The van der Waals surface area contributed by atoms with Gasteiger partial charge in [0.2, 0.25) is 11.8 Å². The Morgan fingerprint density at radius 2 is 1.92 bits per heavy atom. The number of para-hydroxylation sites is 1. The molecule has 1 atom stereocenters. The molecule has 4 aromatic rings. The Labute approximate surface area is 219 Å². The first-order valence-electron chi connectivity index (χ1n) is 12.0. The second kappa shape index (κ2) is 11.1. The lowest BCUT2D eigenvalue weighted by atomic mass is 10.1. The van der Waals surface area contributed by atoms with Crippen LogP contribution >= 0.6 is 11.8 Å². The van der Waals surface area contributed by atoms with Crippen LogP contribution < -0.4 is 10.6 Å². The Kier molecular flexibility index (Phi) is 7.87. The molecular weight excluding hydrogens is 490 g/mol. The van der Waals surface area contributed by atoms with E-state index in [2.05, 4.69) is 25.8 Å². The highest BCUT2D eigenvalue weighted by atomic mass is 32.2. The first-order valence-corrected chi connectivity index (χ1v) is 12.9. The lowest BCUT2D eigenvalue weighted by molar-refractivity contribution is -0.113. The summed E-state index contributed by atoms with van der Waals surface area (Å²) in [6, 6.07) is 13.1. The van der Waals surface area contributed by atoms with Crippen LogP contribution in [0.25, 0.3) is 10.9 Å². The van der Waals surface area contributed by atoms with Gasteiger partial charge in [-0.15, -0.1) is 10.2 Å². The summed E-state index contributed by atoms with van der Waals surface area (Å²) in [6.07, 6.45) is 1.72. The molecule has 37 heavy (non-hydrogen) atoms. The quantitative estimate of drug-likeness (QED) is 0.254. The van der Waals surface area contributed by atoms with Gasteiger partial charge in [0.15, 0.2) is 0 Å². The first kappa shape index (κ1) is 26.3. The molecule has 194 valence electrons. The largest absolute Gasteiger partial charge is 0.444 e. The number of benzene rings is 2. The summed E-state index contributed by atoms with van der Waals surface area (Å²) in [4.78, 5) is 28.3. The summed E-state index contributed by atoms with van der Waals surface area (Å²) in [7, 11) is 0. The smallest absolute Gasteiger partial charge is 0.408 e. The van der Waals surface area contributed by atoms with Crippen molar-refractivity contribution in [3.05, 3.63) is 71.2 Å². The number of fused-ring (bicyclic) bond motifs is 1. The zero-order valence-corrected chi connectivity index (χ0v) is 22.4. The van der Waals surface area contributed by atoms with Crippen LogP contribution in [-0.4, -0.2) is 38.5 Å². The van der Waals surface area contributed by atoms with E-state index in [4.69, 9.17) is 9.15 Å². The van der Waals surface area contributed by atoms with E-state index in [9.17, 15) is 9.59 Å². The van der Waals surface area contributed by atoms with Crippen molar-refractivity contribution in [1.82, 2.24) is 20.5 Å². The molecule has 0 aliphatic carbocycles. The summed E-state index contributed by atoms with van der Waals surface area (Å²) in [5, 5.41) is 15.3. The molecule has 0 radical (unpaired) electrons. The number of nitrogens with zero attached hydrogens (tertiary/aromatic N) is 2. The molecule has 9 nitrogen and oxygen atoms in total. The molecule has 0 bridgehead atoms. The number of aromatic nitrogens is 3. The first-order chi connectivity index (χ1) is 17.6. The molecule has 2 heterocycles. The van der Waals surface area contributed by atoms with Gasteiger partial charge in [-0.2, -0.15) is 0 Å². The van der Waals surface area contributed by atoms with Crippen molar-refractivity contribution in [3.63, 3.8) is 0 Å². The van der Waals surface area contributed by atoms with Gasteiger partial charge in [-0.05, 0) is 57.9 Å². The van der Waals surface area contributed by atoms with E-state index in [0.717, 1.165) is 45.0 Å². The van der Waals surface area contributed by atoms with Crippen LogP contribution in [0.4, 0.5) is 10.5 Å². The Bertz CT molecular complexity index is 1410. The van der Waals surface area contributed by atoms with Crippen molar-refractivity contribution in [2.75, 3.05) is 11.1 Å². The van der Waals surface area contributed by atoms with E-state index >= 15 is 0 Å². The highest BCUT2D eigenvalue weighted by molar-refractivity contribution is 7.99. The SMILES string of the molecule is Cc1ccc(NC(=O)CSc2nnc([C@H](Cc3c[nH]c4ccccc34)NC(=O)OC(C)(C)C)o2)c(C)c1. The molecular formula is C27H31N5O4S. The number of amides is 2. The van der Waals surface area contributed by atoms with Gasteiger partial charge in [0.05, 0.1) is 5.75 Å². The van der Waals surface area contributed by atoms with Gasteiger partial charge < -0.3 is 24.8 Å². The van der Waals surface area contributed by atoms with E-state index < -0.39 is 17.7 Å². The van der Waals surface area contributed by atoms with Gasteiger partial charge in [0.25, 0.3) is 5.22 Å². The molecule has 10 heteroatoms. The molecule has 0 unspecified atom stereocenters. The number of alkyl carbamates (subject to hydrolysis) is 1. The van der Waals surface area contributed by atoms with Crippen LogP contribution in [0.2, 0.25) is 0 Å². The molecule has 2 amide bonds. The third-order valence-corrected chi connectivity index (χ3v) is 6.31. The normalized spacial score (nSPS) is 12.4. The monoisotopic (exact) mass is 521 g/mol. The van der Waals surface area contributed by atoms with E-state index in [1.807, 2.05) is 62.5 Å². The maximum atomic E-state index is 12.6. The number of rotatable bonds is 8. The van der Waals surface area contributed by atoms with Gasteiger partial charge in [-0.3, -0.25) is 4.79 Å². The van der Waals surface area contributed by atoms with Crippen molar-refractivity contribution in [3.8, 4) is 0 Å². The number of nitrogens with one attached hydrogen (secondary N) is 3. The lowest BCUT2D eigenvalue weighted by Gasteiger charge is -2.22. The highest BCUT2D eigenvalue weighted by Gasteiger charge is 2.26. The third-order valence-electron chi connectivity index (χ3n) is 5.49. The van der Waals surface area contributed by atoms with Crippen molar-refractivity contribution >= 4 is 40.4 Å². The fourth-order valence-corrected chi connectivity index (χ4v) is 4.43. The minimum absolute atomic E-state index is 0.0988. The van der Waals surface area contributed by atoms with Gasteiger partial charge in [0, 0.05) is 29.2 Å². The highest BCUT2D eigenvalue weighted by Crippen LogP contribution is 2.27. The van der Waals surface area contributed by atoms with E-state index in [-0.39, 0.29) is 22.8 Å². The number of H-pyrrole nitrogens is 1. The van der Waals surface area contributed by atoms with Crippen LogP contribution in [0.3, 0.4) is 0 Å². The predicted octanol–water partition coefficient (Wildman–Crippen LogP) is 5.71. The Morgan fingerprint density at radius 1 is 1.14 bits per heavy atom. The van der Waals surface area contributed by atoms with Crippen molar-refractivity contribution in [2.45, 2.75) is 57.9 Å². The van der Waals surface area contributed by atoms with E-state index in [1.165, 1.54) is 0 Å². The van der Waals surface area contributed by atoms with Crippen molar-refractivity contribution in [2.24, 2.45) is 0 Å². The maximum absolute atomic E-state index is 12.6. The average Bonchev–Trinajstić information content (AvgIpc) is 3.45. The number of aryl methyl sites for hydroxylation is 2. The molecule has 4 rings (SSSR count). The number of thioether (sulfide) groups is 1. The summed E-state index contributed by atoms with van der Waals surface area (Å²) < 4.78 is 11.3. The molecule has 0 saturated heterocycles. The standard InChI is InChI=1S/C27H31N5O4S/c1-16-10-11-20(17(2)12-16)29-23(33)15-37-26-32-31-24(35-26)22(30-25(34)36-27(3,4)5)13-18-14-28-21-9-7-6-8-19(18)21/h6-12,14,22,28H,13,15H2,1-5H3,(H,29,33)(H,30,34)/t22-/m0/s1. The minimum atomic E-state index is -0.658. The molecule has 3 N–H and O–H groups in total. The number of aromatic amines is 1. The van der Waals surface area contributed by atoms with Crippen LogP contribution in [0, 0.1) is 13.8 Å². The number of hydrogen-bond acceptors (Lipinski definition) is 7. The fourth-order valence-electron chi connectivity index (χ4n) is 3.86. The number of carbonyl (C=O) groups excluding carboxylic acids is 2. The predicted molar refractivity (Wildman–Crippen MR) is 144 cm³/mol. The minimum Gasteiger partial charge on any atom is -0.444 e. The number of carbonyl (C=O) groups is 2. The summed E-state index contributed by atoms with van der Waals surface area (Å²) >= 11 is 1.13. The molecule has 2 aromatic carbocycles. The van der Waals surface area contributed by atoms with E-state index in [1.54, 1.807) is 20.8 Å². The third kappa shape index (κ3) is 7.13. The van der Waals surface area contributed by atoms with Crippen LogP contribution in [0.1, 0.15) is 49.4 Å². The van der Waals surface area contributed by atoms with Crippen LogP contribution in [-0.2, 0) is 16.0 Å². The molecule has 0 aliphatic rings. The van der Waals surface area contributed by atoms with Gasteiger partial charge in [-0.25, -0.2) is 4.79 Å². The zero-order chi connectivity index (χ0) is 26.6. The Morgan fingerprint density at radius 3 is 2.68 bits per heavy atom. The average molecular weight is 522 g/mol. The lowest BCUT2D eigenvalue weighted by Crippen LogP contribution is -2.36. The molecule has 2 aromatic heterocycles. The number of ether oxygens (including phenoxy) is 1. The van der Waals surface area contributed by atoms with Crippen molar-refractivity contribution in [1.29, 1.82) is 0 Å². The van der Waals surface area contributed by atoms with Crippen LogP contribution in [0.15, 0.2) is 58.3 Å². The van der Waals surface area contributed by atoms with Crippen LogP contribution in [0.5, 0.6) is 0 Å². The van der Waals surface area contributed by atoms with Gasteiger partial charge in [0.1, 0.15) is 11.6 Å². The molecule has 0 spiro atoms. The summed E-state index contributed by atoms with van der Waals surface area (Å²) in [5.41, 5.74) is 4.20. The van der Waals surface area contributed by atoms with Crippen molar-refractivity contribution < 1.29 is 18.7 Å². The Balaban J connectivity index is 1.46. The second-order valence-electron chi connectivity index (χ2n) is 9.82. The van der Waals surface area contributed by atoms with Gasteiger partial charge >= 0.3 is 6.09 Å².